The number of aryl methyl sites for hydroxylation is 1. The number of Topliss-reactive ketones (excluding diaryl/α,β-unsaturated/α-hetero) is 1. The molecule has 6 aromatic rings. The first kappa shape index (κ1) is 31.8. The Kier molecular flexibility index (Phi) is 9.78. The zero-order chi connectivity index (χ0) is 30.1. The van der Waals surface area contributed by atoms with Crippen LogP contribution in [0.3, 0.4) is 0 Å². The van der Waals surface area contributed by atoms with Crippen molar-refractivity contribution in [3.8, 4) is 28.3 Å². The number of fused-ring (bicyclic) bond motifs is 1. The van der Waals surface area contributed by atoms with Gasteiger partial charge in [0, 0.05) is 16.0 Å². The molecule has 0 radical (unpaired) electrons. The van der Waals surface area contributed by atoms with Gasteiger partial charge in [-0.25, -0.2) is 9.59 Å². The van der Waals surface area contributed by atoms with E-state index in [-0.39, 0.29) is 63.7 Å². The van der Waals surface area contributed by atoms with Crippen molar-refractivity contribution in [3.05, 3.63) is 126 Å². The Bertz CT molecular complexity index is 2160. The van der Waals surface area contributed by atoms with E-state index in [0.29, 0.717) is 39.3 Å². The number of nitrogens with one attached hydrogen (secondary N) is 1. The van der Waals surface area contributed by atoms with Crippen molar-refractivity contribution in [2.75, 3.05) is 7.11 Å². The van der Waals surface area contributed by atoms with Crippen LogP contribution < -0.4 is 21.7 Å². The van der Waals surface area contributed by atoms with Crippen molar-refractivity contribution in [2.45, 2.75) is 26.4 Å². The van der Waals surface area contributed by atoms with E-state index < -0.39 is 23.5 Å². The third kappa shape index (κ3) is 6.27. The summed E-state index contributed by atoms with van der Waals surface area (Å²) in [6, 6.07) is 23.6. The predicted molar refractivity (Wildman–Crippen MR) is 171 cm³/mol. The van der Waals surface area contributed by atoms with Crippen LogP contribution >= 0.6 is 11.3 Å². The van der Waals surface area contributed by atoms with E-state index in [4.69, 9.17) is 4.74 Å². The predicted octanol–water partition coefficient (Wildman–Crippen LogP) is 4.09. The minimum atomic E-state index is -0.636. The molecule has 44 heavy (non-hydrogen) atoms. The number of hydrogen-bond donors (Lipinski definition) is 1. The molecule has 3 heterocycles. The Morgan fingerprint density at radius 1 is 0.955 bits per heavy atom. The maximum absolute atomic E-state index is 13.8. The normalized spacial score (nSPS) is 11.0. The Morgan fingerprint density at radius 2 is 1.70 bits per heavy atom. The second kappa shape index (κ2) is 13.5. The number of benzene rings is 3. The number of carbonyl (C=O) groups is 1. The molecule has 0 spiro atoms. The topological polar surface area (TPSA) is 129 Å². The van der Waals surface area contributed by atoms with E-state index in [1.807, 2.05) is 55.5 Å². The molecule has 0 aliphatic carbocycles. The molecular weight excluding hydrogens is 608 g/mol. The Hall–Kier alpha value is -3.65. The fraction of sp³-hybridized carbons (Fsp3) is 0.156. The molecule has 0 saturated heterocycles. The molecule has 0 aliphatic heterocycles. The molecule has 0 bridgehead atoms. The van der Waals surface area contributed by atoms with Crippen LogP contribution in [0.15, 0.2) is 97.8 Å². The van der Waals surface area contributed by atoms with Gasteiger partial charge in [-0.1, -0.05) is 72.7 Å². The summed E-state index contributed by atoms with van der Waals surface area (Å²) in [4.78, 5) is 56.1. The second-order valence-corrected chi connectivity index (χ2v) is 11.0. The molecule has 0 saturated carbocycles. The average molecular weight is 635 g/mol. The number of ether oxygens (including phenoxy) is 1. The molecule has 10 nitrogen and oxygen atoms in total. The number of hydrogen-bond acceptors (Lipinski definition) is 8. The van der Waals surface area contributed by atoms with Crippen LogP contribution in [0.1, 0.15) is 27.7 Å². The molecule has 3 aromatic heterocycles. The van der Waals surface area contributed by atoms with Crippen molar-refractivity contribution in [2.24, 2.45) is 0 Å². The van der Waals surface area contributed by atoms with Gasteiger partial charge in [0.05, 0.1) is 25.6 Å². The summed E-state index contributed by atoms with van der Waals surface area (Å²) >= 11 is 1.41. The summed E-state index contributed by atoms with van der Waals surface area (Å²) in [5.74, 6) is -0.166. The standard InChI is InChI=1S/C32H26N4O6S.K.H/c1-3-23-16-26-29(38)35(18-27(37)21-7-6-8-22(15-21)41-2)32(40)36(30(26)43-23)17-19-11-13-20(14-12-19)24-9-4-5-10-25(24)28-33-31(39)42-34-28;;/h4-16H,3,17-18H2,1-2H3,(H,33,34,39);;. The summed E-state index contributed by atoms with van der Waals surface area (Å²) in [6.07, 6.45) is 0.709. The number of ketones is 1. The second-order valence-electron chi connectivity index (χ2n) is 9.89. The van der Waals surface area contributed by atoms with Gasteiger partial charge in [-0.05, 0) is 41.3 Å². The first-order valence-electron chi connectivity index (χ1n) is 13.5. The van der Waals surface area contributed by atoms with Gasteiger partial charge in [0.15, 0.2) is 11.6 Å². The molecule has 6 rings (SSSR count). The van der Waals surface area contributed by atoms with Crippen LogP contribution in [-0.4, -0.2) is 83.6 Å². The van der Waals surface area contributed by atoms with E-state index >= 15 is 0 Å². The Balaban J connectivity index is 0.00000384. The SMILES string of the molecule is CCc1cc2c(=O)n(CC(=O)c3cccc(OC)c3)c(=O)n(Cc3ccc(-c4ccccc4-c4noc(=O)[nH]4)cc3)c2s1.[KH]. The number of H-pyrrole nitrogens is 1. The number of nitrogens with zero attached hydrogens (tertiary/aromatic N) is 3. The molecule has 1 N–H and O–H groups in total. The summed E-state index contributed by atoms with van der Waals surface area (Å²) < 4.78 is 12.5. The maximum atomic E-state index is 13.8. The van der Waals surface area contributed by atoms with Crippen LogP contribution in [-0.2, 0) is 19.5 Å². The first-order chi connectivity index (χ1) is 20.9. The summed E-state index contributed by atoms with van der Waals surface area (Å²) in [6.45, 7) is 1.80. The van der Waals surface area contributed by atoms with E-state index in [0.717, 1.165) is 26.1 Å². The van der Waals surface area contributed by atoms with Gasteiger partial charge in [0.1, 0.15) is 10.6 Å². The third-order valence-corrected chi connectivity index (χ3v) is 8.52. The van der Waals surface area contributed by atoms with E-state index in [2.05, 4.69) is 14.7 Å². The van der Waals surface area contributed by atoms with Crippen molar-refractivity contribution in [3.63, 3.8) is 0 Å². The number of aromatic nitrogens is 4. The van der Waals surface area contributed by atoms with Gasteiger partial charge in [0.2, 0.25) is 0 Å². The molecule has 12 heteroatoms. The van der Waals surface area contributed by atoms with Crippen molar-refractivity contribution in [1.29, 1.82) is 0 Å². The fourth-order valence-corrected chi connectivity index (χ4v) is 6.07. The summed E-state index contributed by atoms with van der Waals surface area (Å²) in [7, 11) is 1.51. The number of thiophene rings is 1. The number of methoxy groups -OCH3 is 1. The van der Waals surface area contributed by atoms with Crippen LogP contribution in [0, 0.1) is 0 Å². The van der Waals surface area contributed by atoms with Crippen molar-refractivity contribution in [1.82, 2.24) is 19.3 Å². The van der Waals surface area contributed by atoms with Crippen molar-refractivity contribution < 1.29 is 14.1 Å². The Morgan fingerprint density at radius 3 is 2.39 bits per heavy atom. The molecule has 0 aliphatic rings. The molecule has 0 fully saturated rings. The Labute approximate surface area is 297 Å². The van der Waals surface area contributed by atoms with E-state index in [1.54, 1.807) is 34.9 Å². The fourth-order valence-electron chi connectivity index (χ4n) is 4.99. The molecule has 218 valence electrons. The van der Waals surface area contributed by atoms with Crippen LogP contribution in [0.25, 0.3) is 32.7 Å². The van der Waals surface area contributed by atoms with E-state index in [1.165, 1.54) is 18.4 Å². The van der Waals surface area contributed by atoms with Crippen LogP contribution in [0.2, 0.25) is 0 Å². The monoisotopic (exact) mass is 634 g/mol. The zero-order valence-corrected chi connectivity index (χ0v) is 24.1. The van der Waals surface area contributed by atoms with E-state index in [9.17, 15) is 19.2 Å². The van der Waals surface area contributed by atoms with Crippen LogP contribution in [0.4, 0.5) is 0 Å². The number of carbonyl (C=O) groups excluding carboxylic acids is 1. The number of rotatable bonds is 9. The van der Waals surface area contributed by atoms with Crippen molar-refractivity contribution >= 4 is 78.7 Å². The van der Waals surface area contributed by atoms with Gasteiger partial charge in [-0.15, -0.1) is 11.3 Å². The van der Waals surface area contributed by atoms with Gasteiger partial charge in [0.25, 0.3) is 5.56 Å². The molecule has 0 atom stereocenters. The summed E-state index contributed by atoms with van der Waals surface area (Å²) in [5.41, 5.74) is 2.56. The molecular formula is C32H27KN4O6S. The van der Waals surface area contributed by atoms with Crippen LogP contribution in [0.5, 0.6) is 5.75 Å². The molecule has 3 aromatic carbocycles. The zero-order valence-electron chi connectivity index (χ0n) is 23.3. The van der Waals surface area contributed by atoms with Gasteiger partial charge >= 0.3 is 62.8 Å². The average Bonchev–Trinajstić information content (AvgIpc) is 3.68. The quantitative estimate of drug-likeness (QED) is 0.187. The molecule has 0 unspecified atom stereocenters. The number of aromatic amines is 1. The third-order valence-electron chi connectivity index (χ3n) is 7.22. The minimum absolute atomic E-state index is 0. The summed E-state index contributed by atoms with van der Waals surface area (Å²) in [5, 5.41) is 4.23. The first-order valence-corrected chi connectivity index (χ1v) is 14.4. The van der Waals surface area contributed by atoms with Gasteiger partial charge in [-0.3, -0.25) is 28.2 Å². The molecule has 0 amide bonds. The van der Waals surface area contributed by atoms with Gasteiger partial charge in [-0.2, -0.15) is 0 Å². The van der Waals surface area contributed by atoms with Gasteiger partial charge < -0.3 is 4.74 Å².